The third-order valence-electron chi connectivity index (χ3n) is 2.48. The highest BCUT2D eigenvalue weighted by atomic mass is 35.5. The van der Waals surface area contributed by atoms with E-state index >= 15 is 0 Å². The van der Waals surface area contributed by atoms with Gasteiger partial charge < -0.3 is 4.74 Å². The second kappa shape index (κ2) is 6.35. The number of benzene rings is 1. The molecular formula is C12H5Cl6NO. The largest absolute Gasteiger partial charge is 0.481 e. The van der Waals surface area contributed by atoms with Gasteiger partial charge in [0.15, 0.2) is 0 Å². The Hall–Kier alpha value is -0.0900. The minimum Gasteiger partial charge on any atom is -0.481 e. The molecule has 2 rings (SSSR count). The summed E-state index contributed by atoms with van der Waals surface area (Å²) in [6, 6.07) is 3.18. The van der Waals surface area contributed by atoms with Gasteiger partial charge in [-0.05, 0) is 11.6 Å². The lowest BCUT2D eigenvalue weighted by atomic mass is 10.1. The highest BCUT2D eigenvalue weighted by Crippen LogP contribution is 2.48. The van der Waals surface area contributed by atoms with Crippen LogP contribution in [-0.4, -0.2) is 12.1 Å². The molecule has 1 heterocycles. The highest BCUT2D eigenvalue weighted by Gasteiger charge is 2.21. The van der Waals surface area contributed by atoms with Gasteiger partial charge >= 0.3 is 0 Å². The normalized spacial score (nSPS) is 10.8. The number of rotatable bonds is 2. The second-order valence-electron chi connectivity index (χ2n) is 3.67. The van der Waals surface area contributed by atoms with Gasteiger partial charge in [-0.1, -0.05) is 69.6 Å². The SMILES string of the molecule is COc1cc(-c2c(Cl)c(Cl)c(Cl)c(Cl)c2Cl)cc(Cl)n1. The lowest BCUT2D eigenvalue weighted by molar-refractivity contribution is 0.398. The Balaban J connectivity index is 2.79. The van der Waals surface area contributed by atoms with Gasteiger partial charge in [-0.3, -0.25) is 0 Å². The topological polar surface area (TPSA) is 22.1 Å². The number of nitrogens with zero attached hydrogens (tertiary/aromatic N) is 1. The average molecular weight is 392 g/mol. The van der Waals surface area contributed by atoms with Crippen molar-refractivity contribution in [3.8, 4) is 17.0 Å². The predicted molar refractivity (Wildman–Crippen MR) is 86.3 cm³/mol. The van der Waals surface area contributed by atoms with Crippen molar-refractivity contribution in [3.05, 3.63) is 42.4 Å². The zero-order valence-corrected chi connectivity index (χ0v) is 14.3. The number of aromatic nitrogens is 1. The van der Waals surface area contributed by atoms with Gasteiger partial charge in [0.2, 0.25) is 5.88 Å². The van der Waals surface area contributed by atoms with Gasteiger partial charge in [-0.15, -0.1) is 0 Å². The first-order chi connectivity index (χ1) is 9.36. The number of hydrogen-bond acceptors (Lipinski definition) is 2. The van der Waals surface area contributed by atoms with Crippen LogP contribution in [0.2, 0.25) is 30.3 Å². The van der Waals surface area contributed by atoms with Crippen molar-refractivity contribution in [2.75, 3.05) is 7.11 Å². The molecule has 1 aromatic heterocycles. The van der Waals surface area contributed by atoms with Crippen LogP contribution in [0.15, 0.2) is 12.1 Å². The standard InChI is InChI=1S/C12H5Cl6NO/c1-20-6-3-4(2-5(13)19-6)7-8(14)10(16)12(18)11(17)9(7)15/h2-3H,1H3. The molecule has 2 nitrogen and oxygen atoms in total. The van der Waals surface area contributed by atoms with Gasteiger partial charge in [0.05, 0.1) is 32.2 Å². The van der Waals surface area contributed by atoms with Crippen LogP contribution in [0.25, 0.3) is 11.1 Å². The van der Waals surface area contributed by atoms with E-state index in [0.717, 1.165) is 0 Å². The molecule has 0 fully saturated rings. The van der Waals surface area contributed by atoms with Crippen LogP contribution in [0, 0.1) is 0 Å². The number of halogens is 6. The van der Waals surface area contributed by atoms with Crippen LogP contribution in [0.3, 0.4) is 0 Å². The second-order valence-corrected chi connectivity index (χ2v) is 5.94. The third kappa shape index (κ3) is 2.92. The van der Waals surface area contributed by atoms with Crippen molar-refractivity contribution in [3.63, 3.8) is 0 Å². The summed E-state index contributed by atoms with van der Waals surface area (Å²) in [6.45, 7) is 0. The maximum absolute atomic E-state index is 6.19. The molecule has 8 heteroatoms. The molecule has 2 aromatic rings. The molecule has 0 saturated carbocycles. The molecule has 0 aliphatic carbocycles. The summed E-state index contributed by atoms with van der Waals surface area (Å²) in [5, 5.41) is 0.896. The zero-order chi connectivity index (χ0) is 15.0. The fourth-order valence-electron chi connectivity index (χ4n) is 1.58. The Kier molecular flexibility index (Phi) is 5.17. The molecule has 0 spiro atoms. The molecular weight excluding hydrogens is 387 g/mol. The molecule has 20 heavy (non-hydrogen) atoms. The van der Waals surface area contributed by atoms with Crippen molar-refractivity contribution in [1.82, 2.24) is 4.98 Å². The molecule has 0 radical (unpaired) electrons. The van der Waals surface area contributed by atoms with E-state index in [9.17, 15) is 0 Å². The maximum atomic E-state index is 6.19. The molecule has 0 amide bonds. The van der Waals surface area contributed by atoms with Gasteiger partial charge in [0, 0.05) is 11.6 Å². The zero-order valence-electron chi connectivity index (χ0n) is 9.78. The number of ether oxygens (including phenoxy) is 1. The van der Waals surface area contributed by atoms with E-state index in [0.29, 0.717) is 17.0 Å². The van der Waals surface area contributed by atoms with Crippen LogP contribution < -0.4 is 4.74 Å². The Morgan fingerprint density at radius 1 is 0.800 bits per heavy atom. The van der Waals surface area contributed by atoms with Crippen molar-refractivity contribution in [1.29, 1.82) is 0 Å². The summed E-state index contributed by atoms with van der Waals surface area (Å²) < 4.78 is 5.05. The minimum atomic E-state index is 0.0965. The van der Waals surface area contributed by atoms with E-state index in [1.54, 1.807) is 12.1 Å². The first-order valence-corrected chi connectivity index (χ1v) is 7.37. The van der Waals surface area contributed by atoms with Gasteiger partial charge in [-0.25, -0.2) is 4.98 Å². The summed E-state index contributed by atoms with van der Waals surface area (Å²) in [6.07, 6.45) is 0. The summed E-state index contributed by atoms with van der Waals surface area (Å²) in [4.78, 5) is 3.96. The van der Waals surface area contributed by atoms with Crippen LogP contribution >= 0.6 is 69.6 Å². The van der Waals surface area contributed by atoms with Crippen molar-refractivity contribution in [2.45, 2.75) is 0 Å². The quantitative estimate of drug-likeness (QED) is 0.323. The number of methoxy groups -OCH3 is 1. The van der Waals surface area contributed by atoms with E-state index < -0.39 is 0 Å². The smallest absolute Gasteiger partial charge is 0.214 e. The molecule has 0 aliphatic rings. The predicted octanol–water partition coefficient (Wildman–Crippen LogP) is 6.68. The Labute approximate surface area is 145 Å². The van der Waals surface area contributed by atoms with Gasteiger partial charge in [0.1, 0.15) is 5.15 Å². The fourth-order valence-corrected chi connectivity index (χ4v) is 3.14. The van der Waals surface area contributed by atoms with E-state index in [-0.39, 0.29) is 30.3 Å². The Morgan fingerprint density at radius 3 is 1.80 bits per heavy atom. The molecule has 1 aromatic carbocycles. The first-order valence-electron chi connectivity index (χ1n) is 5.10. The van der Waals surface area contributed by atoms with Gasteiger partial charge in [-0.2, -0.15) is 0 Å². The maximum Gasteiger partial charge on any atom is 0.214 e. The summed E-state index contributed by atoms with van der Waals surface area (Å²) >= 11 is 36.3. The average Bonchev–Trinajstić information content (AvgIpc) is 2.42. The lowest BCUT2D eigenvalue weighted by Gasteiger charge is -2.13. The monoisotopic (exact) mass is 389 g/mol. The number of hydrogen-bond donors (Lipinski definition) is 0. The Morgan fingerprint density at radius 2 is 1.30 bits per heavy atom. The van der Waals surface area contributed by atoms with E-state index in [2.05, 4.69) is 4.98 Å². The van der Waals surface area contributed by atoms with E-state index in [4.69, 9.17) is 74.3 Å². The van der Waals surface area contributed by atoms with E-state index in [1.807, 2.05) is 0 Å². The van der Waals surface area contributed by atoms with E-state index in [1.165, 1.54) is 7.11 Å². The lowest BCUT2D eigenvalue weighted by Crippen LogP contribution is -1.91. The molecule has 106 valence electrons. The molecule has 0 bridgehead atoms. The summed E-state index contributed by atoms with van der Waals surface area (Å²) in [5.74, 6) is 0.307. The van der Waals surface area contributed by atoms with Crippen molar-refractivity contribution >= 4 is 69.6 Å². The molecule has 0 unspecified atom stereocenters. The number of pyridine rings is 1. The molecule has 0 aliphatic heterocycles. The highest BCUT2D eigenvalue weighted by molar-refractivity contribution is 6.56. The van der Waals surface area contributed by atoms with Gasteiger partial charge in [0.25, 0.3) is 0 Å². The third-order valence-corrected chi connectivity index (χ3v) is 4.95. The molecule has 0 atom stereocenters. The van der Waals surface area contributed by atoms with Crippen LogP contribution in [0.1, 0.15) is 0 Å². The van der Waals surface area contributed by atoms with Crippen LogP contribution in [-0.2, 0) is 0 Å². The van der Waals surface area contributed by atoms with Crippen LogP contribution in [0.4, 0.5) is 0 Å². The molecule has 0 saturated heterocycles. The first kappa shape index (κ1) is 16.3. The van der Waals surface area contributed by atoms with Crippen LogP contribution in [0.5, 0.6) is 5.88 Å². The summed E-state index contributed by atoms with van der Waals surface area (Å²) in [7, 11) is 1.47. The van der Waals surface area contributed by atoms with Crippen molar-refractivity contribution < 1.29 is 4.74 Å². The molecule has 0 N–H and O–H groups in total. The minimum absolute atomic E-state index is 0.0965. The van der Waals surface area contributed by atoms with Crippen molar-refractivity contribution in [2.24, 2.45) is 0 Å². The fraction of sp³-hybridized carbons (Fsp3) is 0.0833. The Bertz CT molecular complexity index is 659. The summed E-state index contributed by atoms with van der Waals surface area (Å²) in [5.41, 5.74) is 0.979.